The second-order valence-corrected chi connectivity index (χ2v) is 6.12. The van der Waals surface area contributed by atoms with Gasteiger partial charge < -0.3 is 10.1 Å². The highest BCUT2D eigenvalue weighted by Crippen LogP contribution is 2.37. The SMILES string of the molecule is COc1ccc(Nc2cccc(-c3c(C(F)(F)F)nc4ccccn34)n2)cc1F. The van der Waals surface area contributed by atoms with Gasteiger partial charge in [0.15, 0.2) is 17.3 Å². The predicted molar refractivity (Wildman–Crippen MR) is 99.7 cm³/mol. The first-order valence-electron chi connectivity index (χ1n) is 8.49. The van der Waals surface area contributed by atoms with Crippen molar-refractivity contribution in [2.24, 2.45) is 0 Å². The molecule has 0 fully saturated rings. The van der Waals surface area contributed by atoms with E-state index in [4.69, 9.17) is 4.74 Å². The van der Waals surface area contributed by atoms with Crippen molar-refractivity contribution in [1.82, 2.24) is 14.4 Å². The number of fused-ring (bicyclic) bond motifs is 1. The van der Waals surface area contributed by atoms with Gasteiger partial charge in [0.2, 0.25) is 0 Å². The molecule has 0 atom stereocenters. The lowest BCUT2D eigenvalue weighted by Crippen LogP contribution is -2.08. The molecule has 0 spiro atoms. The van der Waals surface area contributed by atoms with Crippen molar-refractivity contribution in [3.05, 3.63) is 72.3 Å². The van der Waals surface area contributed by atoms with Crippen molar-refractivity contribution >= 4 is 17.2 Å². The maximum Gasteiger partial charge on any atom is 0.435 e. The molecular weight excluding hydrogens is 388 g/mol. The molecule has 3 aromatic heterocycles. The number of ether oxygens (including phenoxy) is 1. The summed E-state index contributed by atoms with van der Waals surface area (Å²) >= 11 is 0. The van der Waals surface area contributed by atoms with E-state index in [0.29, 0.717) is 5.69 Å². The highest BCUT2D eigenvalue weighted by atomic mass is 19.4. The predicted octanol–water partition coefficient (Wildman–Crippen LogP) is 5.31. The number of benzene rings is 1. The molecule has 0 bridgehead atoms. The first kappa shape index (κ1) is 18.7. The topological polar surface area (TPSA) is 51.5 Å². The second kappa shape index (κ2) is 7.08. The van der Waals surface area contributed by atoms with Gasteiger partial charge in [0.25, 0.3) is 0 Å². The molecule has 0 aliphatic heterocycles. The maximum absolute atomic E-state index is 13.9. The smallest absolute Gasteiger partial charge is 0.435 e. The zero-order chi connectivity index (χ0) is 20.6. The van der Waals surface area contributed by atoms with Crippen molar-refractivity contribution in [2.45, 2.75) is 6.18 Å². The number of hydrogen-bond acceptors (Lipinski definition) is 4. The van der Waals surface area contributed by atoms with Crippen LogP contribution in [-0.4, -0.2) is 21.5 Å². The molecule has 0 saturated carbocycles. The van der Waals surface area contributed by atoms with Crippen LogP contribution in [0.3, 0.4) is 0 Å². The summed E-state index contributed by atoms with van der Waals surface area (Å²) in [7, 11) is 1.35. The monoisotopic (exact) mass is 402 g/mol. The standard InChI is InChI=1S/C20H14F4N4O/c1-29-15-9-8-12(11-13(15)21)25-16-6-4-5-14(26-16)18-19(20(22,23)24)27-17-7-2-3-10-28(17)18/h2-11H,1H3,(H,25,26). The van der Waals surface area contributed by atoms with Crippen LogP contribution < -0.4 is 10.1 Å². The number of nitrogens with zero attached hydrogens (tertiary/aromatic N) is 3. The van der Waals surface area contributed by atoms with Crippen molar-refractivity contribution < 1.29 is 22.3 Å². The summed E-state index contributed by atoms with van der Waals surface area (Å²) in [6, 6.07) is 13.5. The van der Waals surface area contributed by atoms with E-state index in [2.05, 4.69) is 15.3 Å². The van der Waals surface area contributed by atoms with Crippen LogP contribution >= 0.6 is 0 Å². The number of halogens is 4. The van der Waals surface area contributed by atoms with Crippen LogP contribution in [0.4, 0.5) is 29.1 Å². The fourth-order valence-electron chi connectivity index (χ4n) is 2.97. The van der Waals surface area contributed by atoms with Crippen molar-refractivity contribution in [1.29, 1.82) is 0 Å². The molecule has 9 heteroatoms. The van der Waals surface area contributed by atoms with Gasteiger partial charge in [-0.2, -0.15) is 13.2 Å². The molecular formula is C20H14F4N4O. The van der Waals surface area contributed by atoms with Crippen LogP contribution in [-0.2, 0) is 6.18 Å². The van der Waals surface area contributed by atoms with E-state index in [-0.39, 0.29) is 28.6 Å². The number of imidazole rings is 1. The van der Waals surface area contributed by atoms with Crippen molar-refractivity contribution in [3.8, 4) is 17.1 Å². The first-order chi connectivity index (χ1) is 13.9. The van der Waals surface area contributed by atoms with E-state index in [1.807, 2.05) is 0 Å². The molecule has 1 aromatic carbocycles. The Morgan fingerprint density at radius 2 is 1.83 bits per heavy atom. The number of nitrogens with one attached hydrogen (secondary N) is 1. The zero-order valence-electron chi connectivity index (χ0n) is 15.0. The van der Waals surface area contributed by atoms with Gasteiger partial charge in [-0.15, -0.1) is 0 Å². The second-order valence-electron chi connectivity index (χ2n) is 6.12. The molecule has 1 N–H and O–H groups in total. The van der Waals surface area contributed by atoms with Crippen LogP contribution in [0.2, 0.25) is 0 Å². The van der Waals surface area contributed by atoms with Gasteiger partial charge in [0.1, 0.15) is 17.2 Å². The molecule has 5 nitrogen and oxygen atoms in total. The van der Waals surface area contributed by atoms with Crippen LogP contribution in [0, 0.1) is 5.82 Å². The van der Waals surface area contributed by atoms with Gasteiger partial charge in [0.05, 0.1) is 12.8 Å². The zero-order valence-corrected chi connectivity index (χ0v) is 15.0. The quantitative estimate of drug-likeness (QED) is 0.470. The Morgan fingerprint density at radius 1 is 1.00 bits per heavy atom. The van der Waals surface area contributed by atoms with Gasteiger partial charge in [-0.3, -0.25) is 4.40 Å². The fraction of sp³-hybridized carbons (Fsp3) is 0.100. The molecule has 0 radical (unpaired) electrons. The molecule has 0 aliphatic rings. The van der Waals surface area contributed by atoms with E-state index >= 15 is 0 Å². The fourth-order valence-corrected chi connectivity index (χ4v) is 2.97. The largest absolute Gasteiger partial charge is 0.494 e. The average Bonchev–Trinajstić information content (AvgIpc) is 3.08. The number of rotatable bonds is 4. The maximum atomic E-state index is 13.9. The summed E-state index contributed by atoms with van der Waals surface area (Å²) in [6.07, 6.45) is -3.15. The molecule has 0 amide bonds. The Hall–Kier alpha value is -3.62. The van der Waals surface area contributed by atoms with Crippen molar-refractivity contribution in [2.75, 3.05) is 12.4 Å². The Kier molecular flexibility index (Phi) is 4.57. The van der Waals surface area contributed by atoms with E-state index in [9.17, 15) is 17.6 Å². The Labute approximate surface area is 162 Å². The minimum absolute atomic E-state index is 0.0787. The molecule has 4 rings (SSSR count). The van der Waals surface area contributed by atoms with Gasteiger partial charge in [-0.25, -0.2) is 14.4 Å². The summed E-state index contributed by atoms with van der Waals surface area (Å²) in [5, 5.41) is 2.89. The third-order valence-corrected chi connectivity index (χ3v) is 4.21. The van der Waals surface area contributed by atoms with Crippen LogP contribution in [0.1, 0.15) is 5.69 Å². The van der Waals surface area contributed by atoms with E-state index < -0.39 is 17.7 Å². The Balaban J connectivity index is 1.77. The van der Waals surface area contributed by atoms with Crippen LogP contribution in [0.25, 0.3) is 17.0 Å². The lowest BCUT2D eigenvalue weighted by molar-refractivity contribution is -0.140. The molecule has 4 aromatic rings. The lowest BCUT2D eigenvalue weighted by atomic mass is 10.2. The Morgan fingerprint density at radius 3 is 2.55 bits per heavy atom. The van der Waals surface area contributed by atoms with Crippen LogP contribution in [0.5, 0.6) is 5.75 Å². The number of aromatic nitrogens is 3. The van der Waals surface area contributed by atoms with Crippen molar-refractivity contribution in [3.63, 3.8) is 0 Å². The highest BCUT2D eigenvalue weighted by Gasteiger charge is 2.38. The van der Waals surface area contributed by atoms with Crippen LogP contribution in [0.15, 0.2) is 60.8 Å². The summed E-state index contributed by atoms with van der Waals surface area (Å²) in [5.41, 5.74) is -0.578. The van der Waals surface area contributed by atoms with Gasteiger partial charge >= 0.3 is 6.18 Å². The van der Waals surface area contributed by atoms with E-state index in [0.717, 1.165) is 0 Å². The average molecular weight is 402 g/mol. The third-order valence-electron chi connectivity index (χ3n) is 4.21. The number of pyridine rings is 2. The summed E-state index contributed by atoms with van der Waals surface area (Å²) < 4.78 is 60.8. The third kappa shape index (κ3) is 3.58. The summed E-state index contributed by atoms with van der Waals surface area (Å²) in [6.45, 7) is 0. The van der Waals surface area contributed by atoms with Gasteiger partial charge in [-0.05, 0) is 36.4 Å². The van der Waals surface area contributed by atoms with Gasteiger partial charge in [0, 0.05) is 18.0 Å². The van der Waals surface area contributed by atoms with Gasteiger partial charge in [-0.1, -0.05) is 12.1 Å². The molecule has 3 heterocycles. The molecule has 29 heavy (non-hydrogen) atoms. The lowest BCUT2D eigenvalue weighted by Gasteiger charge is -2.11. The van der Waals surface area contributed by atoms with E-state index in [1.54, 1.807) is 30.3 Å². The number of anilines is 2. The minimum atomic E-state index is -4.65. The number of alkyl halides is 3. The molecule has 0 saturated heterocycles. The molecule has 0 unspecified atom stereocenters. The molecule has 0 aliphatic carbocycles. The molecule has 148 valence electrons. The normalized spacial score (nSPS) is 11.6. The highest BCUT2D eigenvalue weighted by molar-refractivity contribution is 5.68. The first-order valence-corrected chi connectivity index (χ1v) is 8.49. The van der Waals surface area contributed by atoms with E-state index in [1.165, 1.54) is 42.0 Å². The number of hydrogen-bond donors (Lipinski definition) is 1. The number of methoxy groups -OCH3 is 1. The minimum Gasteiger partial charge on any atom is -0.494 e. The summed E-state index contributed by atoms with van der Waals surface area (Å²) in [5.74, 6) is -0.237. The Bertz CT molecular complexity index is 1190. The summed E-state index contributed by atoms with van der Waals surface area (Å²) in [4.78, 5) is 8.00.